The van der Waals surface area contributed by atoms with E-state index >= 15 is 0 Å². The van der Waals surface area contributed by atoms with Crippen molar-refractivity contribution in [3.8, 4) is 11.5 Å². The summed E-state index contributed by atoms with van der Waals surface area (Å²) in [5, 5.41) is 0. The molecule has 0 atom stereocenters. The molecule has 0 bridgehead atoms. The van der Waals surface area contributed by atoms with Crippen LogP contribution < -0.4 is 9.47 Å². The van der Waals surface area contributed by atoms with E-state index in [0.717, 1.165) is 11.3 Å². The molecule has 1 heterocycles. The van der Waals surface area contributed by atoms with E-state index < -0.39 is 16.0 Å². The highest BCUT2D eigenvalue weighted by Crippen LogP contribution is 2.30. The van der Waals surface area contributed by atoms with E-state index in [0.29, 0.717) is 25.4 Å². The average molecular weight is 481 g/mol. The SMILES string of the molecule is CCOc1cc(/C=C/c2ccccn2)ccc1OC(=O)c1ccc(S(=O)(=O)N(CC)CC)cc1. The number of pyridine rings is 1. The molecule has 0 N–H and O–H groups in total. The molecule has 0 spiro atoms. The second-order valence-electron chi connectivity index (χ2n) is 7.23. The molecule has 0 saturated heterocycles. The van der Waals surface area contributed by atoms with Crippen LogP contribution in [-0.4, -0.2) is 43.4 Å². The third kappa shape index (κ3) is 6.09. The van der Waals surface area contributed by atoms with E-state index in [-0.39, 0.29) is 16.2 Å². The Kier molecular flexibility index (Phi) is 8.56. The molecule has 7 nitrogen and oxygen atoms in total. The van der Waals surface area contributed by atoms with Crippen LogP contribution in [0.15, 0.2) is 71.8 Å². The van der Waals surface area contributed by atoms with E-state index in [9.17, 15) is 13.2 Å². The van der Waals surface area contributed by atoms with Crippen LogP contribution in [-0.2, 0) is 10.0 Å². The van der Waals surface area contributed by atoms with Crippen molar-refractivity contribution in [2.75, 3.05) is 19.7 Å². The van der Waals surface area contributed by atoms with E-state index in [1.54, 1.807) is 32.2 Å². The molecular weight excluding hydrogens is 452 g/mol. The Labute approximate surface area is 200 Å². The topological polar surface area (TPSA) is 85.8 Å². The standard InChI is InChI=1S/C26H28N2O5S/c1-4-28(5-2)34(30,31)23-15-12-21(13-16-23)26(29)33-24-17-11-20(19-25(24)32-6-3)10-14-22-9-7-8-18-27-22/h7-19H,4-6H2,1-3H3/b14-10+. The number of aromatic nitrogens is 1. The van der Waals surface area contributed by atoms with Crippen molar-refractivity contribution in [3.63, 3.8) is 0 Å². The van der Waals surface area contributed by atoms with Gasteiger partial charge >= 0.3 is 5.97 Å². The normalized spacial score (nSPS) is 11.6. The quantitative estimate of drug-likeness (QED) is 0.303. The van der Waals surface area contributed by atoms with Crippen LogP contribution in [0.1, 0.15) is 42.4 Å². The zero-order chi connectivity index (χ0) is 24.6. The van der Waals surface area contributed by atoms with Crippen molar-refractivity contribution in [2.45, 2.75) is 25.7 Å². The minimum Gasteiger partial charge on any atom is -0.490 e. The first-order chi connectivity index (χ1) is 16.4. The number of nitrogens with zero attached hydrogens (tertiary/aromatic N) is 2. The summed E-state index contributed by atoms with van der Waals surface area (Å²) in [6.07, 6.45) is 5.50. The largest absolute Gasteiger partial charge is 0.490 e. The zero-order valence-corrected chi connectivity index (χ0v) is 20.3. The summed E-state index contributed by atoms with van der Waals surface area (Å²) in [6, 6.07) is 16.6. The number of sulfonamides is 1. The van der Waals surface area contributed by atoms with Gasteiger partial charge in [-0.05, 0) is 67.1 Å². The van der Waals surface area contributed by atoms with Crippen molar-refractivity contribution in [1.82, 2.24) is 9.29 Å². The first-order valence-electron chi connectivity index (χ1n) is 11.1. The van der Waals surface area contributed by atoms with Crippen molar-refractivity contribution in [2.24, 2.45) is 0 Å². The first-order valence-corrected chi connectivity index (χ1v) is 12.5. The maximum Gasteiger partial charge on any atom is 0.343 e. The molecule has 0 saturated carbocycles. The van der Waals surface area contributed by atoms with Crippen LogP contribution in [0.3, 0.4) is 0 Å². The highest BCUT2D eigenvalue weighted by molar-refractivity contribution is 7.89. The Hall–Kier alpha value is -3.49. The molecule has 3 rings (SSSR count). The van der Waals surface area contributed by atoms with Gasteiger partial charge in [-0.2, -0.15) is 4.31 Å². The van der Waals surface area contributed by atoms with Gasteiger partial charge in [-0.3, -0.25) is 4.98 Å². The number of carbonyl (C=O) groups excluding carboxylic acids is 1. The predicted octanol–water partition coefficient (Wildman–Crippen LogP) is 4.90. The number of hydrogen-bond donors (Lipinski definition) is 0. The lowest BCUT2D eigenvalue weighted by molar-refractivity contribution is 0.0728. The van der Waals surface area contributed by atoms with E-state index in [2.05, 4.69) is 4.98 Å². The number of benzene rings is 2. The maximum absolute atomic E-state index is 12.7. The number of esters is 1. The van der Waals surface area contributed by atoms with Crippen LogP contribution in [0, 0.1) is 0 Å². The minimum absolute atomic E-state index is 0.131. The second-order valence-corrected chi connectivity index (χ2v) is 9.17. The molecule has 178 valence electrons. The molecule has 0 unspecified atom stereocenters. The van der Waals surface area contributed by atoms with Gasteiger partial charge in [0.25, 0.3) is 0 Å². The van der Waals surface area contributed by atoms with Crippen molar-refractivity contribution in [1.29, 1.82) is 0 Å². The lowest BCUT2D eigenvalue weighted by atomic mass is 10.1. The number of carbonyl (C=O) groups is 1. The molecule has 0 aliphatic heterocycles. The second kappa shape index (κ2) is 11.6. The monoisotopic (exact) mass is 480 g/mol. The summed E-state index contributed by atoms with van der Waals surface area (Å²) in [5.74, 6) is 0.103. The molecule has 2 aromatic carbocycles. The maximum atomic E-state index is 12.7. The van der Waals surface area contributed by atoms with Gasteiger partial charge in [-0.25, -0.2) is 13.2 Å². The van der Waals surface area contributed by atoms with Gasteiger partial charge in [0, 0.05) is 19.3 Å². The third-order valence-electron chi connectivity index (χ3n) is 5.04. The highest BCUT2D eigenvalue weighted by Gasteiger charge is 2.22. The van der Waals surface area contributed by atoms with E-state index in [1.165, 1.54) is 28.6 Å². The van der Waals surface area contributed by atoms with Crippen molar-refractivity contribution >= 4 is 28.1 Å². The van der Waals surface area contributed by atoms with Crippen LogP contribution >= 0.6 is 0 Å². The molecule has 0 fully saturated rings. The van der Waals surface area contributed by atoms with Crippen molar-refractivity contribution < 1.29 is 22.7 Å². The van der Waals surface area contributed by atoms with Crippen LogP contribution in [0.2, 0.25) is 0 Å². The summed E-state index contributed by atoms with van der Waals surface area (Å²) >= 11 is 0. The number of rotatable bonds is 10. The Morgan fingerprint density at radius 3 is 2.29 bits per heavy atom. The number of ether oxygens (including phenoxy) is 2. The van der Waals surface area contributed by atoms with Crippen LogP contribution in [0.4, 0.5) is 0 Å². The molecule has 8 heteroatoms. The van der Waals surface area contributed by atoms with Gasteiger partial charge in [-0.1, -0.05) is 32.1 Å². The zero-order valence-electron chi connectivity index (χ0n) is 19.5. The van der Waals surface area contributed by atoms with Gasteiger partial charge in [-0.15, -0.1) is 0 Å². The highest BCUT2D eigenvalue weighted by atomic mass is 32.2. The van der Waals surface area contributed by atoms with Gasteiger partial charge in [0.15, 0.2) is 11.5 Å². The average Bonchev–Trinajstić information content (AvgIpc) is 2.85. The Bertz CT molecular complexity index is 1240. The molecule has 3 aromatic rings. The Morgan fingerprint density at radius 2 is 1.68 bits per heavy atom. The molecule has 0 aliphatic carbocycles. The Morgan fingerprint density at radius 1 is 0.941 bits per heavy atom. The molecular formula is C26H28N2O5S. The number of hydrogen-bond acceptors (Lipinski definition) is 6. The van der Waals surface area contributed by atoms with Crippen molar-refractivity contribution in [3.05, 3.63) is 83.7 Å². The Balaban J connectivity index is 1.77. The fourth-order valence-corrected chi connectivity index (χ4v) is 4.73. The fourth-order valence-electron chi connectivity index (χ4n) is 3.27. The summed E-state index contributed by atoms with van der Waals surface area (Å²) < 4.78 is 37.9. The summed E-state index contributed by atoms with van der Waals surface area (Å²) in [5.41, 5.74) is 1.92. The lowest BCUT2D eigenvalue weighted by Crippen LogP contribution is -2.30. The van der Waals surface area contributed by atoms with Gasteiger partial charge in [0.05, 0.1) is 22.8 Å². The molecule has 0 aliphatic rings. The van der Waals surface area contributed by atoms with Crippen LogP contribution in [0.5, 0.6) is 11.5 Å². The minimum atomic E-state index is -3.60. The summed E-state index contributed by atoms with van der Waals surface area (Å²) in [7, 11) is -3.60. The van der Waals surface area contributed by atoms with E-state index in [1.807, 2.05) is 43.3 Å². The van der Waals surface area contributed by atoms with Gasteiger partial charge < -0.3 is 9.47 Å². The molecule has 34 heavy (non-hydrogen) atoms. The van der Waals surface area contributed by atoms with Gasteiger partial charge in [0.2, 0.25) is 10.0 Å². The first kappa shape index (κ1) is 25.1. The summed E-state index contributed by atoms with van der Waals surface area (Å²) in [6.45, 7) is 6.55. The molecule has 1 aromatic heterocycles. The van der Waals surface area contributed by atoms with Gasteiger partial charge in [0.1, 0.15) is 0 Å². The lowest BCUT2D eigenvalue weighted by Gasteiger charge is -2.18. The third-order valence-corrected chi connectivity index (χ3v) is 7.10. The summed E-state index contributed by atoms with van der Waals surface area (Å²) in [4.78, 5) is 17.1. The molecule has 0 radical (unpaired) electrons. The van der Waals surface area contributed by atoms with E-state index in [4.69, 9.17) is 9.47 Å². The smallest absolute Gasteiger partial charge is 0.343 e. The van der Waals surface area contributed by atoms with Crippen LogP contribution in [0.25, 0.3) is 12.2 Å². The molecule has 0 amide bonds. The predicted molar refractivity (Wildman–Crippen MR) is 132 cm³/mol. The fraction of sp³-hybridized carbons (Fsp3) is 0.231.